The van der Waals surface area contributed by atoms with E-state index in [1.165, 1.54) is 4.90 Å². The van der Waals surface area contributed by atoms with Crippen molar-refractivity contribution >= 4 is 27.3 Å². The smallest absolute Gasteiger partial charge is 0.328 e. The molecule has 1 atom stereocenters. The highest BCUT2D eigenvalue weighted by Gasteiger charge is 2.38. The lowest BCUT2D eigenvalue weighted by molar-refractivity contribution is -0.137. The van der Waals surface area contributed by atoms with E-state index in [9.17, 15) is 18.0 Å². The number of ether oxygens (including phenoxy) is 1. The molecule has 2 heterocycles. The maximum atomic E-state index is 12.3. The summed E-state index contributed by atoms with van der Waals surface area (Å²) >= 11 is 0. The van der Waals surface area contributed by atoms with Gasteiger partial charge in [-0.15, -0.1) is 0 Å². The Morgan fingerprint density at radius 3 is 2.45 bits per heavy atom. The van der Waals surface area contributed by atoms with E-state index >= 15 is 0 Å². The summed E-state index contributed by atoms with van der Waals surface area (Å²) in [4.78, 5) is 25.4. The molecule has 2 saturated heterocycles. The number of amides is 2. The van der Waals surface area contributed by atoms with E-state index in [0.717, 1.165) is 4.90 Å². The first-order valence-corrected chi connectivity index (χ1v) is 7.16. The van der Waals surface area contributed by atoms with Gasteiger partial charge in [0.05, 0.1) is 13.2 Å². The number of urea groups is 1. The average Bonchev–Trinajstić information content (AvgIpc) is 2.46. The molecule has 9 nitrogen and oxygen atoms in total. The van der Waals surface area contributed by atoms with Crippen LogP contribution in [-0.2, 0) is 19.8 Å². The molecular weight excluding hydrogens is 290 g/mol. The molecule has 2 fully saturated rings. The van der Waals surface area contributed by atoms with Gasteiger partial charge >= 0.3 is 12.0 Å². The Hall–Kier alpha value is -1.65. The van der Waals surface area contributed by atoms with Crippen LogP contribution in [0, 0.1) is 0 Å². The van der Waals surface area contributed by atoms with Gasteiger partial charge in [-0.3, -0.25) is 15.0 Å². The number of hydrogen-bond acceptors (Lipinski definition) is 6. The largest absolute Gasteiger partial charge is 0.480 e. The first-order chi connectivity index (χ1) is 9.52. The number of aliphatic carboxylic acids is 1. The number of carboxylic acid groups (broad SMARTS) is 1. The van der Waals surface area contributed by atoms with Crippen LogP contribution in [0.2, 0.25) is 0 Å². The van der Waals surface area contributed by atoms with Gasteiger partial charge in [0.25, 0.3) is 0 Å². The number of morpholine rings is 1. The molecule has 0 unspecified atom stereocenters. The summed E-state index contributed by atoms with van der Waals surface area (Å²) in [6.07, 6.45) is 0. The molecule has 112 valence electrons. The van der Waals surface area contributed by atoms with E-state index in [4.69, 9.17) is 9.84 Å². The van der Waals surface area contributed by atoms with Crippen molar-refractivity contribution in [1.29, 1.82) is 0 Å². The normalized spacial score (nSPS) is 23.6. The number of carbonyl (C=O) groups excluding carboxylic acids is 1. The third kappa shape index (κ3) is 2.92. The predicted molar refractivity (Wildman–Crippen MR) is 67.8 cm³/mol. The Kier molecular flexibility index (Phi) is 4.57. The molecule has 0 aromatic carbocycles. The second-order valence-electron chi connectivity index (χ2n) is 4.33. The van der Waals surface area contributed by atoms with Crippen molar-refractivity contribution in [2.75, 3.05) is 39.4 Å². The third-order valence-corrected chi connectivity index (χ3v) is 3.92. The number of hydrogen-bond donors (Lipinski definition) is 2. The average molecular weight is 305 g/mol. The van der Waals surface area contributed by atoms with Crippen LogP contribution in [0.1, 0.15) is 0 Å². The molecule has 0 aliphatic carbocycles. The zero-order valence-corrected chi connectivity index (χ0v) is 11.4. The molecule has 0 radical (unpaired) electrons. The number of nitrogens with one attached hydrogen (secondary N) is 1. The highest BCUT2D eigenvalue weighted by molar-refractivity contribution is 7.73. The van der Waals surface area contributed by atoms with Crippen LogP contribution in [0.4, 0.5) is 4.79 Å². The molecule has 0 aromatic rings. The number of piperazine rings is 1. The van der Waals surface area contributed by atoms with E-state index in [1.54, 1.807) is 0 Å². The molecule has 2 aliphatic heterocycles. The van der Waals surface area contributed by atoms with Crippen LogP contribution in [0.25, 0.3) is 0 Å². The molecule has 2 aliphatic rings. The van der Waals surface area contributed by atoms with Crippen LogP contribution in [-0.4, -0.2) is 85.7 Å². The molecule has 20 heavy (non-hydrogen) atoms. The van der Waals surface area contributed by atoms with E-state index in [-0.39, 0.29) is 13.1 Å². The van der Waals surface area contributed by atoms with Crippen LogP contribution in [0.3, 0.4) is 0 Å². The number of carboxylic acids is 1. The monoisotopic (exact) mass is 305 g/mol. The first-order valence-electron chi connectivity index (χ1n) is 6.09. The van der Waals surface area contributed by atoms with Gasteiger partial charge in [-0.1, -0.05) is 0 Å². The summed E-state index contributed by atoms with van der Waals surface area (Å²) in [5, 5.41) is 11.6. The van der Waals surface area contributed by atoms with Gasteiger partial charge in [0, 0.05) is 26.2 Å². The second kappa shape index (κ2) is 6.20. The van der Waals surface area contributed by atoms with Gasteiger partial charge < -0.3 is 14.7 Å². The van der Waals surface area contributed by atoms with Gasteiger partial charge in [-0.2, -0.15) is 8.42 Å². The van der Waals surface area contributed by atoms with Gasteiger partial charge in [-0.25, -0.2) is 4.79 Å². The van der Waals surface area contributed by atoms with Crippen LogP contribution >= 0.6 is 0 Å². The molecule has 0 bridgehead atoms. The minimum absolute atomic E-state index is 0.114. The summed E-state index contributed by atoms with van der Waals surface area (Å²) < 4.78 is 27.7. The maximum Gasteiger partial charge on any atom is 0.328 e. The first kappa shape index (κ1) is 14.8. The second-order valence-corrected chi connectivity index (χ2v) is 5.22. The molecule has 0 spiro atoms. The number of rotatable bonds is 1. The standard InChI is InChI=1S/C10H15N3O6S/c14-9(15)7-8(20(17)18)13(2-1-11-7)10(16)12-3-5-19-6-4-12/h7,11H,1-6H2,(H,14,15)/t7-/m0/s1. The summed E-state index contributed by atoms with van der Waals surface area (Å²) in [5.41, 5.74) is 0. The van der Waals surface area contributed by atoms with Gasteiger partial charge in [0.15, 0.2) is 11.0 Å². The molecule has 0 saturated carbocycles. The Morgan fingerprint density at radius 1 is 1.25 bits per heavy atom. The lowest BCUT2D eigenvalue weighted by Gasteiger charge is -2.36. The highest BCUT2D eigenvalue weighted by atomic mass is 32.2. The summed E-state index contributed by atoms with van der Waals surface area (Å²) in [6.45, 7) is 1.82. The summed E-state index contributed by atoms with van der Waals surface area (Å²) in [7, 11) is -2.79. The number of carbonyl (C=O) groups is 2. The quantitative estimate of drug-likeness (QED) is 0.528. The minimum atomic E-state index is -2.79. The van der Waals surface area contributed by atoms with Crippen LogP contribution in [0.5, 0.6) is 0 Å². The van der Waals surface area contributed by atoms with Crippen molar-refractivity contribution in [2.45, 2.75) is 6.04 Å². The zero-order chi connectivity index (χ0) is 14.7. The predicted octanol–water partition coefficient (Wildman–Crippen LogP) is -2.19. The Morgan fingerprint density at radius 2 is 1.90 bits per heavy atom. The molecule has 2 amide bonds. The van der Waals surface area contributed by atoms with Crippen molar-refractivity contribution in [3.05, 3.63) is 0 Å². The van der Waals surface area contributed by atoms with Crippen LogP contribution < -0.4 is 5.32 Å². The fourth-order valence-corrected chi connectivity index (χ4v) is 2.89. The topological polar surface area (TPSA) is 116 Å². The van der Waals surface area contributed by atoms with E-state index in [2.05, 4.69) is 5.32 Å². The molecule has 2 N–H and O–H groups in total. The highest BCUT2D eigenvalue weighted by Crippen LogP contribution is 2.09. The van der Waals surface area contributed by atoms with E-state index in [0.29, 0.717) is 26.3 Å². The van der Waals surface area contributed by atoms with Gasteiger partial charge in [0.2, 0.25) is 10.3 Å². The fraction of sp³-hybridized carbons (Fsp3) is 0.700. The minimum Gasteiger partial charge on any atom is -0.480 e. The molecular formula is C10H15N3O6S. The molecule has 0 aromatic heterocycles. The van der Waals surface area contributed by atoms with Crippen molar-refractivity contribution in [3.63, 3.8) is 0 Å². The van der Waals surface area contributed by atoms with Crippen LogP contribution in [0.15, 0.2) is 0 Å². The van der Waals surface area contributed by atoms with Gasteiger partial charge in [0.1, 0.15) is 0 Å². The van der Waals surface area contributed by atoms with E-state index in [1.807, 2.05) is 0 Å². The number of nitrogens with zero attached hydrogens (tertiary/aromatic N) is 2. The molecule has 2 rings (SSSR count). The third-order valence-electron chi connectivity index (χ3n) is 3.13. The fourth-order valence-electron chi connectivity index (χ4n) is 2.17. The van der Waals surface area contributed by atoms with Crippen molar-refractivity contribution in [2.24, 2.45) is 0 Å². The van der Waals surface area contributed by atoms with Crippen molar-refractivity contribution < 1.29 is 27.9 Å². The maximum absolute atomic E-state index is 12.3. The Labute approximate surface area is 116 Å². The van der Waals surface area contributed by atoms with Crippen molar-refractivity contribution in [1.82, 2.24) is 15.1 Å². The zero-order valence-electron chi connectivity index (χ0n) is 10.6. The Balaban J connectivity index is 2.26. The van der Waals surface area contributed by atoms with E-state index < -0.39 is 33.3 Å². The summed E-state index contributed by atoms with van der Waals surface area (Å²) in [6, 6.07) is -1.90. The van der Waals surface area contributed by atoms with Crippen molar-refractivity contribution in [3.8, 4) is 0 Å². The Bertz CT molecular complexity index is 531. The SMILES string of the molecule is O=C(O)[C@H]1NCCN(C(=O)N2CCOCC2)C1=S(=O)=O. The lowest BCUT2D eigenvalue weighted by Crippen LogP contribution is -2.63. The van der Waals surface area contributed by atoms with Gasteiger partial charge in [-0.05, 0) is 0 Å². The molecule has 10 heteroatoms. The summed E-state index contributed by atoms with van der Waals surface area (Å²) in [5.74, 6) is -1.33. The lowest BCUT2D eigenvalue weighted by atomic mass is 10.2.